The molecule has 35 heavy (non-hydrogen) atoms. The van der Waals surface area contributed by atoms with Crippen LogP contribution in [-0.2, 0) is 11.2 Å². The Hall–Kier alpha value is -3.57. The van der Waals surface area contributed by atoms with Gasteiger partial charge in [0.05, 0.1) is 11.3 Å². The van der Waals surface area contributed by atoms with Crippen LogP contribution in [0.15, 0.2) is 36.4 Å². The van der Waals surface area contributed by atoms with Gasteiger partial charge < -0.3 is 20.1 Å². The van der Waals surface area contributed by atoms with Gasteiger partial charge in [-0.1, -0.05) is 36.5 Å². The minimum absolute atomic E-state index is 0.242. The van der Waals surface area contributed by atoms with E-state index in [9.17, 15) is 14.7 Å². The van der Waals surface area contributed by atoms with Crippen LogP contribution in [0.2, 0.25) is 0 Å². The highest BCUT2D eigenvalue weighted by molar-refractivity contribution is 7.17. The highest BCUT2D eigenvalue weighted by Crippen LogP contribution is 2.27. The number of hydrogen-bond acceptors (Lipinski definition) is 10. The maximum absolute atomic E-state index is 12.1. The molecule has 184 valence electrons. The van der Waals surface area contributed by atoms with Crippen molar-refractivity contribution >= 4 is 40.0 Å². The van der Waals surface area contributed by atoms with Crippen LogP contribution < -0.4 is 10.2 Å². The van der Waals surface area contributed by atoms with E-state index in [0.717, 1.165) is 43.3 Å². The maximum atomic E-state index is 12.1. The van der Waals surface area contributed by atoms with Crippen molar-refractivity contribution in [2.24, 2.45) is 0 Å². The maximum Gasteiger partial charge on any atom is 0.347 e. The molecule has 0 radical (unpaired) electrons. The zero-order valence-electron chi connectivity index (χ0n) is 19.7. The number of carbonyl (C=O) groups is 2. The molecule has 0 spiro atoms. The average molecular weight is 497 g/mol. The van der Waals surface area contributed by atoms with Gasteiger partial charge >= 0.3 is 11.9 Å². The van der Waals surface area contributed by atoms with Crippen molar-refractivity contribution in [1.82, 2.24) is 19.9 Å². The molecule has 0 atom stereocenters. The number of ether oxygens (including phenoxy) is 1. The molecule has 0 bridgehead atoms. The monoisotopic (exact) mass is 496 g/mol. The Bertz CT molecular complexity index is 1180. The number of rotatable bonds is 9. The number of aromatic carboxylic acids is 1. The Labute approximate surface area is 207 Å². The van der Waals surface area contributed by atoms with E-state index in [1.54, 1.807) is 12.1 Å². The second-order valence-corrected chi connectivity index (χ2v) is 9.07. The van der Waals surface area contributed by atoms with Gasteiger partial charge in [-0.15, -0.1) is 0 Å². The molecule has 2 N–H and O–H groups in total. The first-order valence-corrected chi connectivity index (χ1v) is 12.3. The third kappa shape index (κ3) is 6.31. The second-order valence-electron chi connectivity index (χ2n) is 8.07. The zero-order valence-corrected chi connectivity index (χ0v) is 20.5. The number of nitrogens with zero attached hydrogens (tertiary/aromatic N) is 5. The molecule has 1 aromatic carbocycles. The number of carboxylic acids is 1. The third-order valence-electron chi connectivity index (χ3n) is 5.63. The summed E-state index contributed by atoms with van der Waals surface area (Å²) in [5.74, 6) is 0.727. The Morgan fingerprint density at radius 1 is 1.11 bits per heavy atom. The van der Waals surface area contributed by atoms with E-state index in [4.69, 9.17) is 4.74 Å². The number of thiazole rings is 1. The number of benzene rings is 1. The van der Waals surface area contributed by atoms with Crippen molar-refractivity contribution in [3.63, 3.8) is 0 Å². The van der Waals surface area contributed by atoms with Crippen LogP contribution in [0.4, 0.5) is 16.8 Å². The molecule has 1 aliphatic heterocycles. The Kier molecular flexibility index (Phi) is 7.88. The Balaban J connectivity index is 1.31. The summed E-state index contributed by atoms with van der Waals surface area (Å²) in [6.45, 7) is 7.94. The number of anilines is 3. The Morgan fingerprint density at radius 3 is 2.51 bits per heavy atom. The summed E-state index contributed by atoms with van der Waals surface area (Å²) in [6.07, 6.45) is 0.545. The molecule has 11 heteroatoms. The topological polar surface area (TPSA) is 121 Å². The van der Waals surface area contributed by atoms with Gasteiger partial charge in [-0.3, -0.25) is 4.90 Å². The quantitative estimate of drug-likeness (QED) is 0.427. The number of piperazine rings is 1. The molecule has 10 nitrogen and oxygen atoms in total. The fourth-order valence-corrected chi connectivity index (χ4v) is 4.72. The summed E-state index contributed by atoms with van der Waals surface area (Å²) < 4.78 is 5.40. The van der Waals surface area contributed by atoms with Gasteiger partial charge in [0.2, 0.25) is 0 Å². The molecule has 0 aliphatic carbocycles. The average Bonchev–Trinajstić information content (AvgIpc) is 3.28. The van der Waals surface area contributed by atoms with Gasteiger partial charge in [0, 0.05) is 38.8 Å². The summed E-state index contributed by atoms with van der Waals surface area (Å²) in [5, 5.41) is 13.0. The van der Waals surface area contributed by atoms with E-state index in [1.807, 2.05) is 38.1 Å². The lowest BCUT2D eigenvalue weighted by Gasteiger charge is -2.35. The highest BCUT2D eigenvalue weighted by atomic mass is 32.1. The van der Waals surface area contributed by atoms with Crippen LogP contribution in [0.5, 0.6) is 0 Å². The molecule has 0 amide bonds. The summed E-state index contributed by atoms with van der Waals surface area (Å²) >= 11 is 1.10. The normalized spacial score (nSPS) is 14.1. The lowest BCUT2D eigenvalue weighted by atomic mass is 10.2. The molecule has 0 saturated carbocycles. The van der Waals surface area contributed by atoms with Crippen LogP contribution in [0.3, 0.4) is 0 Å². The summed E-state index contributed by atoms with van der Waals surface area (Å²) in [5.41, 5.74) is 1.12. The molecule has 3 aromatic rings. The van der Waals surface area contributed by atoms with Gasteiger partial charge in [0.1, 0.15) is 28.9 Å². The zero-order chi connectivity index (χ0) is 24.8. The van der Waals surface area contributed by atoms with Crippen LogP contribution in [0.1, 0.15) is 38.5 Å². The number of carbonyl (C=O) groups excluding carboxylic acids is 1. The number of aryl methyl sites for hydroxylation is 2. The first-order valence-electron chi connectivity index (χ1n) is 11.5. The molecule has 1 fully saturated rings. The van der Waals surface area contributed by atoms with E-state index in [2.05, 4.69) is 30.1 Å². The summed E-state index contributed by atoms with van der Waals surface area (Å²) in [6, 6.07) is 10.9. The highest BCUT2D eigenvalue weighted by Gasteiger charge is 2.20. The van der Waals surface area contributed by atoms with Gasteiger partial charge in [-0.05, 0) is 25.5 Å². The molecule has 2 aromatic heterocycles. The number of esters is 1. The lowest BCUT2D eigenvalue weighted by molar-refractivity contribution is 0.0458. The van der Waals surface area contributed by atoms with Crippen LogP contribution in [0.25, 0.3) is 0 Å². The lowest BCUT2D eigenvalue weighted by Crippen LogP contribution is -2.47. The van der Waals surface area contributed by atoms with E-state index >= 15 is 0 Å². The number of aromatic nitrogens is 3. The van der Waals surface area contributed by atoms with Crippen LogP contribution >= 0.6 is 11.3 Å². The van der Waals surface area contributed by atoms with Crippen LogP contribution in [0, 0.1) is 6.92 Å². The van der Waals surface area contributed by atoms with E-state index in [-0.39, 0.29) is 10.8 Å². The van der Waals surface area contributed by atoms with Gasteiger partial charge in [0.15, 0.2) is 5.13 Å². The van der Waals surface area contributed by atoms with Gasteiger partial charge in [0.25, 0.3) is 0 Å². The van der Waals surface area contributed by atoms with Crippen molar-refractivity contribution in [3.05, 3.63) is 58.4 Å². The van der Waals surface area contributed by atoms with Crippen molar-refractivity contribution in [3.8, 4) is 0 Å². The van der Waals surface area contributed by atoms with Gasteiger partial charge in [-0.25, -0.2) is 24.5 Å². The van der Waals surface area contributed by atoms with Crippen molar-refractivity contribution in [1.29, 1.82) is 0 Å². The SMILES string of the molecule is CCc1nc(Nc2cc(N3CCN(CCOC(=O)c4ccccc4)CC3)nc(C)n2)sc1C(=O)O. The molecule has 3 heterocycles. The minimum Gasteiger partial charge on any atom is -0.477 e. The molecule has 1 saturated heterocycles. The predicted octanol–water partition coefficient (Wildman–Crippen LogP) is 3.22. The predicted molar refractivity (Wildman–Crippen MR) is 134 cm³/mol. The van der Waals surface area contributed by atoms with Crippen LogP contribution in [-0.4, -0.2) is 76.2 Å². The first-order chi connectivity index (χ1) is 16.9. The summed E-state index contributed by atoms with van der Waals surface area (Å²) in [7, 11) is 0. The molecule has 0 unspecified atom stereocenters. The Morgan fingerprint density at radius 2 is 1.86 bits per heavy atom. The minimum atomic E-state index is -0.973. The largest absolute Gasteiger partial charge is 0.477 e. The van der Waals surface area contributed by atoms with Crippen molar-refractivity contribution in [2.75, 3.05) is 49.5 Å². The van der Waals surface area contributed by atoms with Crippen molar-refractivity contribution < 1.29 is 19.4 Å². The second kappa shape index (κ2) is 11.2. The fourth-order valence-electron chi connectivity index (χ4n) is 3.83. The standard InChI is InChI=1S/C24H28N6O4S/c1-3-18-21(22(31)32)35-24(27-18)28-19-15-20(26-16(2)25-19)30-11-9-29(10-12-30)13-14-34-23(33)17-7-5-4-6-8-17/h4-8,15H,3,9-14H2,1-2H3,(H,31,32)(H,25,26,27,28). The number of carboxylic acid groups (broad SMARTS) is 1. The molecule has 1 aliphatic rings. The van der Waals surface area contributed by atoms with E-state index in [1.165, 1.54) is 0 Å². The smallest absolute Gasteiger partial charge is 0.347 e. The fraction of sp³-hybridized carbons (Fsp3) is 0.375. The summed E-state index contributed by atoms with van der Waals surface area (Å²) in [4.78, 5) is 41.6. The van der Waals surface area contributed by atoms with Crippen molar-refractivity contribution in [2.45, 2.75) is 20.3 Å². The third-order valence-corrected chi connectivity index (χ3v) is 6.63. The molecular weight excluding hydrogens is 468 g/mol. The van der Waals surface area contributed by atoms with E-state index in [0.29, 0.717) is 47.6 Å². The van der Waals surface area contributed by atoms with Gasteiger partial charge in [-0.2, -0.15) is 0 Å². The number of hydrogen-bond donors (Lipinski definition) is 2. The molecular formula is C24H28N6O4S. The van der Waals surface area contributed by atoms with E-state index < -0.39 is 5.97 Å². The first kappa shape index (κ1) is 24.6. The number of nitrogens with one attached hydrogen (secondary N) is 1. The molecule has 4 rings (SSSR count).